The third kappa shape index (κ3) is 5.77. The molecule has 194 valence electrons. The lowest BCUT2D eigenvalue weighted by atomic mass is 9.98. The van der Waals surface area contributed by atoms with Crippen molar-refractivity contribution in [2.75, 3.05) is 46.8 Å². The number of esters is 2. The van der Waals surface area contributed by atoms with Gasteiger partial charge in [-0.3, -0.25) is 4.79 Å². The van der Waals surface area contributed by atoms with E-state index in [-0.39, 0.29) is 40.5 Å². The zero-order valence-electron chi connectivity index (χ0n) is 20.4. The van der Waals surface area contributed by atoms with E-state index in [2.05, 4.69) is 5.32 Å². The number of hydrogen-bond donors (Lipinski definition) is 1. The summed E-state index contributed by atoms with van der Waals surface area (Å²) in [6, 6.07) is 8.35. The number of benzene rings is 2. The summed E-state index contributed by atoms with van der Waals surface area (Å²) in [5.74, 6) is -1.82. The Labute approximate surface area is 209 Å². The van der Waals surface area contributed by atoms with E-state index in [9.17, 15) is 22.8 Å². The number of piperidine rings is 1. The summed E-state index contributed by atoms with van der Waals surface area (Å²) in [4.78, 5) is 37.1. The highest BCUT2D eigenvalue weighted by Gasteiger charge is 2.34. The molecule has 1 heterocycles. The van der Waals surface area contributed by atoms with Crippen LogP contribution in [0.3, 0.4) is 0 Å². The summed E-state index contributed by atoms with van der Waals surface area (Å²) in [5.41, 5.74) is 0.289. The van der Waals surface area contributed by atoms with Gasteiger partial charge in [0.15, 0.2) is 11.5 Å². The minimum atomic E-state index is -3.91. The summed E-state index contributed by atoms with van der Waals surface area (Å²) in [6.45, 7) is 0.216. The van der Waals surface area contributed by atoms with Crippen molar-refractivity contribution in [3.8, 4) is 11.5 Å². The van der Waals surface area contributed by atoms with Crippen LogP contribution in [0, 0.1) is 5.92 Å². The first kappa shape index (κ1) is 27.0. The maximum Gasteiger partial charge on any atom is 0.337 e. The molecule has 2 aromatic rings. The number of methoxy groups -OCH3 is 4. The Morgan fingerprint density at radius 1 is 0.889 bits per heavy atom. The van der Waals surface area contributed by atoms with Gasteiger partial charge in [0.25, 0.3) is 0 Å². The molecular weight excluding hydrogens is 492 g/mol. The molecule has 12 heteroatoms. The van der Waals surface area contributed by atoms with E-state index in [1.54, 1.807) is 0 Å². The Bertz CT molecular complexity index is 1230. The highest BCUT2D eigenvalue weighted by Crippen LogP contribution is 2.32. The van der Waals surface area contributed by atoms with Gasteiger partial charge in [-0.1, -0.05) is 0 Å². The van der Waals surface area contributed by atoms with Gasteiger partial charge < -0.3 is 24.3 Å². The van der Waals surface area contributed by atoms with Crippen LogP contribution in [0.2, 0.25) is 0 Å². The van der Waals surface area contributed by atoms with Gasteiger partial charge in [-0.25, -0.2) is 18.0 Å². The molecule has 0 unspecified atom stereocenters. The summed E-state index contributed by atoms with van der Waals surface area (Å²) >= 11 is 0. The smallest absolute Gasteiger partial charge is 0.337 e. The fourth-order valence-corrected chi connectivity index (χ4v) is 5.46. The van der Waals surface area contributed by atoms with Crippen LogP contribution < -0.4 is 14.8 Å². The fraction of sp³-hybridized carbons (Fsp3) is 0.375. The molecular formula is C24H28N2O9S. The Balaban J connectivity index is 1.81. The van der Waals surface area contributed by atoms with Crippen molar-refractivity contribution in [3.05, 3.63) is 47.5 Å². The molecule has 1 N–H and O–H groups in total. The van der Waals surface area contributed by atoms with Crippen LogP contribution in [0.4, 0.5) is 5.69 Å². The highest BCUT2D eigenvalue weighted by molar-refractivity contribution is 7.89. The molecule has 0 aromatic heterocycles. The van der Waals surface area contributed by atoms with Crippen LogP contribution in [-0.2, 0) is 24.3 Å². The zero-order chi connectivity index (χ0) is 26.5. The fourth-order valence-electron chi connectivity index (χ4n) is 3.92. The predicted octanol–water partition coefficient (Wildman–Crippen LogP) is 2.32. The van der Waals surface area contributed by atoms with Gasteiger partial charge in [0, 0.05) is 24.8 Å². The molecule has 1 aliphatic rings. The second kappa shape index (κ2) is 11.4. The summed E-state index contributed by atoms with van der Waals surface area (Å²) in [6.07, 6.45) is 0.935. The van der Waals surface area contributed by atoms with Crippen molar-refractivity contribution in [2.24, 2.45) is 5.92 Å². The van der Waals surface area contributed by atoms with Gasteiger partial charge in [0.1, 0.15) is 0 Å². The largest absolute Gasteiger partial charge is 0.493 e. The molecule has 1 aliphatic heterocycles. The normalized spacial score (nSPS) is 16.1. The summed E-state index contributed by atoms with van der Waals surface area (Å²) < 4.78 is 47.6. The standard InChI is InChI=1S/C24H28N2O9S/c1-32-20-8-7-19(13-21(20)33-2)36(30,31)26-9-5-6-15(14-26)22(27)25-18-11-16(23(28)34-3)10-17(12-18)24(29)35-4/h7-8,10-13,15H,5-6,9,14H2,1-4H3,(H,25,27)/t15-/m0/s1. The quantitative estimate of drug-likeness (QED) is 0.520. The summed E-state index contributed by atoms with van der Waals surface area (Å²) in [5, 5.41) is 2.68. The van der Waals surface area contributed by atoms with E-state index in [1.807, 2.05) is 0 Å². The Kier molecular flexibility index (Phi) is 8.53. The van der Waals surface area contributed by atoms with Gasteiger partial charge in [0.2, 0.25) is 15.9 Å². The lowest BCUT2D eigenvalue weighted by Crippen LogP contribution is -2.43. The number of rotatable bonds is 8. The van der Waals surface area contributed by atoms with Crippen molar-refractivity contribution >= 4 is 33.6 Å². The first-order chi connectivity index (χ1) is 17.1. The molecule has 11 nitrogen and oxygen atoms in total. The van der Waals surface area contributed by atoms with Crippen LogP contribution >= 0.6 is 0 Å². The molecule has 1 saturated heterocycles. The minimum absolute atomic E-state index is 0.0229. The molecule has 36 heavy (non-hydrogen) atoms. The van der Waals surface area contributed by atoms with E-state index in [0.717, 1.165) is 0 Å². The monoisotopic (exact) mass is 520 g/mol. The molecule has 2 aromatic carbocycles. The van der Waals surface area contributed by atoms with Gasteiger partial charge in [-0.05, 0) is 43.2 Å². The zero-order valence-corrected chi connectivity index (χ0v) is 21.2. The number of hydrogen-bond acceptors (Lipinski definition) is 9. The number of nitrogens with zero attached hydrogens (tertiary/aromatic N) is 1. The first-order valence-corrected chi connectivity index (χ1v) is 12.4. The van der Waals surface area contributed by atoms with Crippen LogP contribution in [0.5, 0.6) is 11.5 Å². The van der Waals surface area contributed by atoms with Crippen LogP contribution in [0.25, 0.3) is 0 Å². The second-order valence-corrected chi connectivity index (χ2v) is 9.93. The Hall–Kier alpha value is -3.64. The van der Waals surface area contributed by atoms with E-state index < -0.39 is 33.8 Å². The van der Waals surface area contributed by atoms with Crippen molar-refractivity contribution in [1.29, 1.82) is 0 Å². The third-order valence-corrected chi connectivity index (χ3v) is 7.65. The second-order valence-electron chi connectivity index (χ2n) is 7.99. The van der Waals surface area contributed by atoms with Crippen LogP contribution in [-0.4, -0.2) is 72.1 Å². The van der Waals surface area contributed by atoms with E-state index in [0.29, 0.717) is 18.6 Å². The van der Waals surface area contributed by atoms with E-state index >= 15 is 0 Å². The molecule has 3 rings (SSSR count). The van der Waals surface area contributed by atoms with Crippen molar-refractivity contribution in [1.82, 2.24) is 4.31 Å². The minimum Gasteiger partial charge on any atom is -0.493 e. The number of anilines is 1. The lowest BCUT2D eigenvalue weighted by Gasteiger charge is -2.31. The average Bonchev–Trinajstić information content (AvgIpc) is 2.91. The van der Waals surface area contributed by atoms with Crippen molar-refractivity contribution < 1.29 is 41.7 Å². The lowest BCUT2D eigenvalue weighted by molar-refractivity contribution is -0.120. The van der Waals surface area contributed by atoms with Crippen LogP contribution in [0.1, 0.15) is 33.6 Å². The maximum absolute atomic E-state index is 13.3. The van der Waals surface area contributed by atoms with Gasteiger partial charge in [-0.2, -0.15) is 4.31 Å². The summed E-state index contributed by atoms with van der Waals surface area (Å²) in [7, 11) is 1.35. The Morgan fingerprint density at radius 2 is 1.50 bits per heavy atom. The third-order valence-electron chi connectivity index (χ3n) is 5.79. The van der Waals surface area contributed by atoms with E-state index in [1.165, 1.54) is 69.1 Å². The molecule has 1 atom stereocenters. The van der Waals surface area contributed by atoms with Crippen molar-refractivity contribution in [2.45, 2.75) is 17.7 Å². The molecule has 0 spiro atoms. The van der Waals surface area contributed by atoms with Gasteiger partial charge >= 0.3 is 11.9 Å². The number of nitrogens with one attached hydrogen (secondary N) is 1. The predicted molar refractivity (Wildman–Crippen MR) is 129 cm³/mol. The SMILES string of the molecule is COC(=O)c1cc(NC(=O)[C@H]2CCCN(S(=O)(=O)c3ccc(OC)c(OC)c3)C2)cc(C(=O)OC)c1. The Morgan fingerprint density at radius 3 is 2.06 bits per heavy atom. The molecule has 0 radical (unpaired) electrons. The number of sulfonamides is 1. The maximum atomic E-state index is 13.3. The molecule has 0 bridgehead atoms. The highest BCUT2D eigenvalue weighted by atomic mass is 32.2. The number of ether oxygens (including phenoxy) is 4. The molecule has 0 saturated carbocycles. The number of amides is 1. The van der Waals surface area contributed by atoms with Crippen LogP contribution in [0.15, 0.2) is 41.3 Å². The molecule has 0 aliphatic carbocycles. The average molecular weight is 521 g/mol. The van der Waals surface area contributed by atoms with Gasteiger partial charge in [-0.15, -0.1) is 0 Å². The van der Waals surface area contributed by atoms with Gasteiger partial charge in [0.05, 0.1) is 50.4 Å². The topological polar surface area (TPSA) is 138 Å². The first-order valence-electron chi connectivity index (χ1n) is 11.0. The number of carbonyl (C=O) groups excluding carboxylic acids is 3. The van der Waals surface area contributed by atoms with Crippen molar-refractivity contribution in [3.63, 3.8) is 0 Å². The molecule has 1 fully saturated rings. The number of carbonyl (C=O) groups is 3. The van der Waals surface area contributed by atoms with E-state index in [4.69, 9.17) is 18.9 Å². The molecule has 1 amide bonds.